The molecule has 2 aromatic carbocycles. The SMILES string of the molecule is COc1cc(C(=O)NCCCOC(C)c2ccccc2)ccc1OCc1c(C)noc1C. The van der Waals surface area contributed by atoms with E-state index in [0.29, 0.717) is 36.8 Å². The molecule has 0 aliphatic rings. The van der Waals surface area contributed by atoms with Crippen LogP contribution in [0.3, 0.4) is 0 Å². The molecule has 0 aliphatic carbocycles. The van der Waals surface area contributed by atoms with Gasteiger partial charge in [-0.15, -0.1) is 0 Å². The number of aromatic nitrogens is 1. The predicted molar refractivity (Wildman–Crippen MR) is 121 cm³/mol. The molecule has 0 saturated heterocycles. The zero-order valence-corrected chi connectivity index (χ0v) is 19.0. The predicted octanol–water partition coefficient (Wildman–Crippen LogP) is 4.78. The Morgan fingerprint density at radius 3 is 2.59 bits per heavy atom. The molecule has 0 radical (unpaired) electrons. The van der Waals surface area contributed by atoms with E-state index < -0.39 is 0 Å². The lowest BCUT2D eigenvalue weighted by Crippen LogP contribution is -2.25. The van der Waals surface area contributed by atoms with Crippen molar-refractivity contribution in [2.45, 2.75) is 39.9 Å². The van der Waals surface area contributed by atoms with Gasteiger partial charge in [-0.3, -0.25) is 4.79 Å². The van der Waals surface area contributed by atoms with Crippen molar-refractivity contribution >= 4 is 5.91 Å². The Hall–Kier alpha value is -3.32. The number of rotatable bonds is 11. The lowest BCUT2D eigenvalue weighted by atomic mass is 10.1. The van der Waals surface area contributed by atoms with Crippen molar-refractivity contribution in [2.75, 3.05) is 20.3 Å². The summed E-state index contributed by atoms with van der Waals surface area (Å²) >= 11 is 0. The first-order chi connectivity index (χ1) is 15.5. The molecule has 1 N–H and O–H groups in total. The molecule has 1 aromatic heterocycles. The van der Waals surface area contributed by atoms with Gasteiger partial charge in [-0.05, 0) is 51.0 Å². The highest BCUT2D eigenvalue weighted by atomic mass is 16.5. The Balaban J connectivity index is 1.46. The fraction of sp³-hybridized carbons (Fsp3) is 0.360. The molecule has 3 aromatic rings. The number of nitrogens with one attached hydrogen (secondary N) is 1. The molecule has 0 aliphatic heterocycles. The van der Waals surface area contributed by atoms with Crippen LogP contribution in [0.4, 0.5) is 0 Å². The summed E-state index contributed by atoms with van der Waals surface area (Å²) in [6.45, 7) is 7.13. The number of aryl methyl sites for hydroxylation is 2. The van der Waals surface area contributed by atoms with Crippen LogP contribution < -0.4 is 14.8 Å². The van der Waals surface area contributed by atoms with Crippen LogP contribution in [-0.4, -0.2) is 31.3 Å². The van der Waals surface area contributed by atoms with Crippen molar-refractivity contribution < 1.29 is 23.5 Å². The topological polar surface area (TPSA) is 82.8 Å². The summed E-state index contributed by atoms with van der Waals surface area (Å²) in [6.07, 6.45) is 0.743. The van der Waals surface area contributed by atoms with Crippen molar-refractivity contribution in [3.05, 3.63) is 76.7 Å². The summed E-state index contributed by atoms with van der Waals surface area (Å²) < 4.78 is 22.3. The number of carbonyl (C=O) groups excluding carboxylic acids is 1. The average Bonchev–Trinajstić information content (AvgIpc) is 3.14. The van der Waals surface area contributed by atoms with Gasteiger partial charge in [0.15, 0.2) is 11.5 Å². The third kappa shape index (κ3) is 6.11. The Bertz CT molecular complexity index is 997. The number of benzene rings is 2. The number of hydrogen-bond donors (Lipinski definition) is 1. The lowest BCUT2D eigenvalue weighted by molar-refractivity contribution is 0.0635. The maximum atomic E-state index is 12.5. The summed E-state index contributed by atoms with van der Waals surface area (Å²) in [4.78, 5) is 12.5. The fourth-order valence-electron chi connectivity index (χ4n) is 3.24. The Morgan fingerprint density at radius 2 is 1.91 bits per heavy atom. The van der Waals surface area contributed by atoms with Gasteiger partial charge in [-0.2, -0.15) is 0 Å². The molecule has 1 unspecified atom stereocenters. The van der Waals surface area contributed by atoms with E-state index in [-0.39, 0.29) is 12.0 Å². The highest BCUT2D eigenvalue weighted by molar-refractivity contribution is 5.94. The first-order valence-electron chi connectivity index (χ1n) is 10.7. The van der Waals surface area contributed by atoms with Crippen LogP contribution in [0.2, 0.25) is 0 Å². The highest BCUT2D eigenvalue weighted by Crippen LogP contribution is 2.29. The molecule has 32 heavy (non-hydrogen) atoms. The number of methoxy groups -OCH3 is 1. The van der Waals surface area contributed by atoms with Gasteiger partial charge in [0.05, 0.1) is 24.5 Å². The van der Waals surface area contributed by atoms with E-state index in [1.165, 1.54) is 0 Å². The van der Waals surface area contributed by atoms with E-state index in [0.717, 1.165) is 29.0 Å². The number of amides is 1. The molecule has 1 atom stereocenters. The van der Waals surface area contributed by atoms with Gasteiger partial charge in [0, 0.05) is 18.7 Å². The molecule has 0 bridgehead atoms. The van der Waals surface area contributed by atoms with Gasteiger partial charge in [-0.1, -0.05) is 35.5 Å². The molecule has 1 heterocycles. The number of nitrogens with zero attached hydrogens (tertiary/aromatic N) is 1. The van der Waals surface area contributed by atoms with Crippen LogP contribution in [0.15, 0.2) is 53.1 Å². The van der Waals surface area contributed by atoms with E-state index in [2.05, 4.69) is 10.5 Å². The van der Waals surface area contributed by atoms with Crippen molar-refractivity contribution in [1.29, 1.82) is 0 Å². The smallest absolute Gasteiger partial charge is 0.251 e. The Labute approximate surface area is 188 Å². The summed E-state index contributed by atoms with van der Waals surface area (Å²) in [5, 5.41) is 6.84. The molecule has 7 heteroatoms. The van der Waals surface area contributed by atoms with Gasteiger partial charge in [-0.25, -0.2) is 0 Å². The van der Waals surface area contributed by atoms with E-state index in [9.17, 15) is 4.79 Å². The Kier molecular flexibility index (Phi) is 8.27. The first-order valence-corrected chi connectivity index (χ1v) is 10.7. The molecule has 0 fully saturated rings. The zero-order valence-electron chi connectivity index (χ0n) is 19.0. The maximum Gasteiger partial charge on any atom is 0.251 e. The second-order valence-electron chi connectivity index (χ2n) is 7.49. The minimum absolute atomic E-state index is 0.0223. The molecule has 1 amide bonds. The first kappa shape index (κ1) is 23.3. The van der Waals surface area contributed by atoms with Crippen LogP contribution in [0.1, 0.15) is 52.4 Å². The van der Waals surface area contributed by atoms with Crippen molar-refractivity contribution in [3.8, 4) is 11.5 Å². The highest BCUT2D eigenvalue weighted by Gasteiger charge is 2.14. The van der Waals surface area contributed by atoms with Crippen LogP contribution in [0.5, 0.6) is 11.5 Å². The molecule has 7 nitrogen and oxygen atoms in total. The van der Waals surface area contributed by atoms with E-state index in [1.54, 1.807) is 25.3 Å². The Morgan fingerprint density at radius 1 is 1.12 bits per heavy atom. The molecular formula is C25H30N2O5. The molecular weight excluding hydrogens is 408 g/mol. The minimum Gasteiger partial charge on any atom is -0.493 e. The monoisotopic (exact) mass is 438 g/mol. The summed E-state index contributed by atoms with van der Waals surface area (Å²) in [7, 11) is 1.55. The lowest BCUT2D eigenvalue weighted by Gasteiger charge is -2.14. The van der Waals surface area contributed by atoms with E-state index in [1.807, 2.05) is 51.1 Å². The van der Waals surface area contributed by atoms with Gasteiger partial charge < -0.3 is 24.1 Å². The van der Waals surface area contributed by atoms with Crippen LogP contribution in [-0.2, 0) is 11.3 Å². The third-order valence-corrected chi connectivity index (χ3v) is 5.22. The van der Waals surface area contributed by atoms with Crippen molar-refractivity contribution in [2.24, 2.45) is 0 Å². The van der Waals surface area contributed by atoms with E-state index in [4.69, 9.17) is 18.7 Å². The number of ether oxygens (including phenoxy) is 3. The second kappa shape index (κ2) is 11.3. The number of carbonyl (C=O) groups is 1. The van der Waals surface area contributed by atoms with Gasteiger partial charge in [0.1, 0.15) is 12.4 Å². The standard InChI is InChI=1S/C25H30N2O5/c1-17-22(19(3)32-27-17)16-31-23-12-11-21(15-24(23)29-4)25(28)26-13-8-14-30-18(2)20-9-6-5-7-10-20/h5-7,9-12,15,18H,8,13-14,16H2,1-4H3,(H,26,28). The summed E-state index contributed by atoms with van der Waals surface area (Å²) in [5.41, 5.74) is 3.34. The van der Waals surface area contributed by atoms with Crippen molar-refractivity contribution in [1.82, 2.24) is 10.5 Å². The molecule has 0 saturated carbocycles. The van der Waals surface area contributed by atoms with Gasteiger partial charge in [0.2, 0.25) is 0 Å². The number of hydrogen-bond acceptors (Lipinski definition) is 6. The van der Waals surface area contributed by atoms with Gasteiger partial charge >= 0.3 is 0 Å². The molecule has 170 valence electrons. The quantitative estimate of drug-likeness (QED) is 0.434. The minimum atomic E-state index is -0.170. The van der Waals surface area contributed by atoms with Crippen LogP contribution in [0, 0.1) is 13.8 Å². The second-order valence-corrected chi connectivity index (χ2v) is 7.49. The van der Waals surface area contributed by atoms with Crippen molar-refractivity contribution in [3.63, 3.8) is 0 Å². The van der Waals surface area contributed by atoms with Crippen LogP contribution >= 0.6 is 0 Å². The van der Waals surface area contributed by atoms with Crippen LogP contribution in [0.25, 0.3) is 0 Å². The fourth-order valence-corrected chi connectivity index (χ4v) is 3.24. The zero-order chi connectivity index (χ0) is 22.9. The summed E-state index contributed by atoms with van der Waals surface area (Å²) in [6, 6.07) is 15.2. The van der Waals surface area contributed by atoms with Gasteiger partial charge in [0.25, 0.3) is 5.91 Å². The maximum absolute atomic E-state index is 12.5. The average molecular weight is 439 g/mol. The molecule has 0 spiro atoms. The largest absolute Gasteiger partial charge is 0.493 e. The van der Waals surface area contributed by atoms with E-state index >= 15 is 0 Å². The molecule has 3 rings (SSSR count). The summed E-state index contributed by atoms with van der Waals surface area (Å²) in [5.74, 6) is 1.59. The third-order valence-electron chi connectivity index (χ3n) is 5.22. The normalized spacial score (nSPS) is 11.8.